The maximum Gasteiger partial charge on any atom is 0.337 e. The third-order valence-electron chi connectivity index (χ3n) is 3.69. The van der Waals surface area contributed by atoms with Gasteiger partial charge in [-0.1, -0.05) is 11.3 Å². The third-order valence-corrected chi connectivity index (χ3v) is 4.62. The molecular formula is C17H13N3O5S. The number of carbonyl (C=O) groups excluding carboxylic acids is 2. The molecule has 0 atom stereocenters. The molecule has 0 aliphatic carbocycles. The van der Waals surface area contributed by atoms with Gasteiger partial charge in [0, 0.05) is 17.2 Å². The molecule has 9 heteroatoms. The van der Waals surface area contributed by atoms with Crippen LogP contribution in [0.1, 0.15) is 26.3 Å². The van der Waals surface area contributed by atoms with Crippen molar-refractivity contribution in [2.75, 3.05) is 12.4 Å². The number of nitro groups is 1. The van der Waals surface area contributed by atoms with Gasteiger partial charge in [0.2, 0.25) is 0 Å². The largest absolute Gasteiger partial charge is 0.465 e. The van der Waals surface area contributed by atoms with Crippen molar-refractivity contribution in [2.45, 2.75) is 6.92 Å². The molecule has 0 bridgehead atoms. The smallest absolute Gasteiger partial charge is 0.337 e. The van der Waals surface area contributed by atoms with E-state index in [1.165, 1.54) is 36.6 Å². The molecule has 8 nitrogen and oxygen atoms in total. The second-order valence-corrected chi connectivity index (χ2v) is 6.44. The van der Waals surface area contributed by atoms with E-state index in [-0.39, 0.29) is 5.69 Å². The number of rotatable bonds is 4. The van der Waals surface area contributed by atoms with Crippen molar-refractivity contribution in [1.82, 2.24) is 4.98 Å². The minimum absolute atomic E-state index is 0.0446. The lowest BCUT2D eigenvalue weighted by Crippen LogP contribution is -2.12. The zero-order chi connectivity index (χ0) is 18.8. The SMILES string of the molecule is COC(=O)c1ccc2nc(NC(=O)c3ccc([N+](=O)[O-])c(C)c3)sc2c1. The summed E-state index contributed by atoms with van der Waals surface area (Å²) in [4.78, 5) is 38.6. The highest BCUT2D eigenvalue weighted by Gasteiger charge is 2.16. The Labute approximate surface area is 151 Å². The first kappa shape index (κ1) is 17.5. The summed E-state index contributed by atoms with van der Waals surface area (Å²) in [7, 11) is 1.30. The molecule has 0 saturated heterocycles. The molecule has 1 aromatic heterocycles. The van der Waals surface area contributed by atoms with Gasteiger partial charge in [-0.05, 0) is 37.3 Å². The molecule has 1 heterocycles. The normalized spacial score (nSPS) is 10.5. The van der Waals surface area contributed by atoms with E-state index in [0.29, 0.717) is 27.3 Å². The molecule has 0 aliphatic rings. The van der Waals surface area contributed by atoms with Crippen LogP contribution in [0.5, 0.6) is 0 Å². The Kier molecular flexibility index (Phi) is 4.63. The number of nitrogens with zero attached hydrogens (tertiary/aromatic N) is 2. The van der Waals surface area contributed by atoms with Gasteiger partial charge in [-0.25, -0.2) is 9.78 Å². The fraction of sp³-hybridized carbons (Fsp3) is 0.118. The van der Waals surface area contributed by atoms with Gasteiger partial charge >= 0.3 is 5.97 Å². The molecule has 3 rings (SSSR count). The summed E-state index contributed by atoms with van der Waals surface area (Å²) in [5.41, 5.74) is 1.68. The lowest BCUT2D eigenvalue weighted by Gasteiger charge is -2.03. The van der Waals surface area contributed by atoms with Crippen LogP contribution in [-0.4, -0.2) is 28.9 Å². The summed E-state index contributed by atoms with van der Waals surface area (Å²) >= 11 is 1.22. The molecule has 0 radical (unpaired) electrons. The average Bonchev–Trinajstić information content (AvgIpc) is 3.01. The minimum Gasteiger partial charge on any atom is -0.465 e. The number of nitro benzene ring substituents is 1. The monoisotopic (exact) mass is 371 g/mol. The van der Waals surface area contributed by atoms with Gasteiger partial charge in [-0.3, -0.25) is 20.2 Å². The van der Waals surface area contributed by atoms with Crippen LogP contribution in [0.2, 0.25) is 0 Å². The van der Waals surface area contributed by atoms with Crippen molar-refractivity contribution in [3.05, 3.63) is 63.2 Å². The Hall–Kier alpha value is -3.33. The number of aromatic nitrogens is 1. The van der Waals surface area contributed by atoms with Crippen LogP contribution in [0, 0.1) is 17.0 Å². The molecule has 0 fully saturated rings. The summed E-state index contributed by atoms with van der Waals surface area (Å²) in [6.45, 7) is 1.57. The summed E-state index contributed by atoms with van der Waals surface area (Å²) in [5, 5.41) is 13.9. The zero-order valence-electron chi connectivity index (χ0n) is 13.8. The van der Waals surface area contributed by atoms with Gasteiger partial charge in [0.1, 0.15) is 0 Å². The molecule has 1 N–H and O–H groups in total. The molecule has 0 spiro atoms. The Morgan fingerprint density at radius 1 is 1.19 bits per heavy atom. The maximum absolute atomic E-state index is 12.4. The summed E-state index contributed by atoms with van der Waals surface area (Å²) in [5.74, 6) is -0.873. The number of ether oxygens (including phenoxy) is 1. The first-order chi connectivity index (χ1) is 12.4. The van der Waals surface area contributed by atoms with E-state index in [2.05, 4.69) is 15.0 Å². The molecule has 0 unspecified atom stereocenters. The minimum atomic E-state index is -0.497. The van der Waals surface area contributed by atoms with E-state index in [1.807, 2.05) is 0 Å². The number of amides is 1. The molecule has 0 aliphatic heterocycles. The average molecular weight is 371 g/mol. The lowest BCUT2D eigenvalue weighted by molar-refractivity contribution is -0.385. The number of nitrogens with one attached hydrogen (secondary N) is 1. The van der Waals surface area contributed by atoms with Crippen LogP contribution in [0.3, 0.4) is 0 Å². The molecule has 0 saturated carbocycles. The van der Waals surface area contributed by atoms with Crippen LogP contribution < -0.4 is 5.32 Å². The Bertz CT molecular complexity index is 1040. The molecule has 1 amide bonds. The molecule has 26 heavy (non-hydrogen) atoms. The first-order valence-corrected chi connectivity index (χ1v) is 8.26. The van der Waals surface area contributed by atoms with Crippen molar-refractivity contribution in [2.24, 2.45) is 0 Å². The van der Waals surface area contributed by atoms with Gasteiger partial charge in [0.05, 0.1) is 27.8 Å². The lowest BCUT2D eigenvalue weighted by atomic mass is 10.1. The number of hydrogen-bond donors (Lipinski definition) is 1. The molecule has 3 aromatic rings. The van der Waals surface area contributed by atoms with E-state index >= 15 is 0 Å². The molecular weight excluding hydrogens is 358 g/mol. The number of hydrogen-bond acceptors (Lipinski definition) is 7. The number of aryl methyl sites for hydroxylation is 1. The quantitative estimate of drug-likeness (QED) is 0.426. The highest BCUT2D eigenvalue weighted by Crippen LogP contribution is 2.28. The number of carbonyl (C=O) groups is 2. The van der Waals surface area contributed by atoms with E-state index in [0.717, 1.165) is 4.70 Å². The first-order valence-electron chi connectivity index (χ1n) is 7.44. The van der Waals surface area contributed by atoms with E-state index < -0.39 is 16.8 Å². The predicted molar refractivity (Wildman–Crippen MR) is 96.7 cm³/mol. The maximum atomic E-state index is 12.4. The highest BCUT2D eigenvalue weighted by molar-refractivity contribution is 7.22. The number of methoxy groups -OCH3 is 1. The number of esters is 1. The summed E-state index contributed by atoms with van der Waals surface area (Å²) in [6, 6.07) is 9.05. The number of benzene rings is 2. The number of anilines is 1. The van der Waals surface area contributed by atoms with Gasteiger partial charge in [-0.15, -0.1) is 0 Å². The second-order valence-electron chi connectivity index (χ2n) is 5.41. The van der Waals surface area contributed by atoms with Crippen LogP contribution in [0.15, 0.2) is 36.4 Å². The van der Waals surface area contributed by atoms with Gasteiger partial charge < -0.3 is 4.74 Å². The van der Waals surface area contributed by atoms with Gasteiger partial charge in [-0.2, -0.15) is 0 Å². The number of thiazole rings is 1. The van der Waals surface area contributed by atoms with Crippen LogP contribution in [-0.2, 0) is 4.74 Å². The fourth-order valence-corrected chi connectivity index (χ4v) is 3.29. The second kappa shape index (κ2) is 6.89. The van der Waals surface area contributed by atoms with Crippen LogP contribution >= 0.6 is 11.3 Å². The Balaban J connectivity index is 1.84. The van der Waals surface area contributed by atoms with Crippen molar-refractivity contribution in [3.8, 4) is 0 Å². The predicted octanol–water partition coefficient (Wildman–Crippen LogP) is 3.55. The summed E-state index contributed by atoms with van der Waals surface area (Å²) < 4.78 is 5.40. The van der Waals surface area contributed by atoms with Crippen molar-refractivity contribution >= 4 is 44.2 Å². The Morgan fingerprint density at radius 2 is 1.92 bits per heavy atom. The number of fused-ring (bicyclic) bond motifs is 1. The van der Waals surface area contributed by atoms with Crippen molar-refractivity contribution in [3.63, 3.8) is 0 Å². The molecule has 2 aromatic carbocycles. The van der Waals surface area contributed by atoms with E-state index in [4.69, 9.17) is 0 Å². The fourth-order valence-electron chi connectivity index (χ4n) is 2.39. The molecule has 132 valence electrons. The Morgan fingerprint density at radius 3 is 2.58 bits per heavy atom. The van der Waals surface area contributed by atoms with Gasteiger partial charge in [0.15, 0.2) is 5.13 Å². The van der Waals surface area contributed by atoms with Crippen molar-refractivity contribution < 1.29 is 19.2 Å². The topological polar surface area (TPSA) is 111 Å². The van der Waals surface area contributed by atoms with E-state index in [9.17, 15) is 19.7 Å². The van der Waals surface area contributed by atoms with Crippen LogP contribution in [0.4, 0.5) is 10.8 Å². The van der Waals surface area contributed by atoms with E-state index in [1.54, 1.807) is 25.1 Å². The van der Waals surface area contributed by atoms with Gasteiger partial charge in [0.25, 0.3) is 11.6 Å². The highest BCUT2D eigenvalue weighted by atomic mass is 32.1. The standard InChI is InChI=1S/C17H13N3O5S/c1-9-7-10(4-6-13(9)20(23)24)15(21)19-17-18-12-5-3-11(16(22)25-2)8-14(12)26-17/h3-8H,1-2H3,(H,18,19,21). The zero-order valence-corrected chi connectivity index (χ0v) is 14.6. The summed E-state index contributed by atoms with van der Waals surface area (Å²) in [6.07, 6.45) is 0. The van der Waals surface area contributed by atoms with Crippen molar-refractivity contribution in [1.29, 1.82) is 0 Å². The third kappa shape index (κ3) is 3.38. The van der Waals surface area contributed by atoms with Crippen LogP contribution in [0.25, 0.3) is 10.2 Å².